The summed E-state index contributed by atoms with van der Waals surface area (Å²) in [5.74, 6) is 2.25. The van der Waals surface area contributed by atoms with Crippen molar-refractivity contribution in [3.05, 3.63) is 51.9 Å². The number of ether oxygens (including phenoxy) is 2. The molecule has 5 heteroatoms. The van der Waals surface area contributed by atoms with E-state index in [1.165, 1.54) is 0 Å². The van der Waals surface area contributed by atoms with Crippen LogP contribution in [0.2, 0.25) is 0 Å². The van der Waals surface area contributed by atoms with Crippen LogP contribution < -0.4 is 10.5 Å². The molecule has 1 heterocycles. The van der Waals surface area contributed by atoms with E-state index in [4.69, 9.17) is 19.6 Å². The topological polar surface area (TPSA) is 57.6 Å². The number of hydrogen-bond donors (Lipinski definition) is 1. The molecule has 0 aliphatic rings. The monoisotopic (exact) mass is 325 g/mol. The van der Waals surface area contributed by atoms with E-state index in [1.807, 2.05) is 30.3 Å². The first-order valence-corrected chi connectivity index (χ1v) is 6.61. The molecule has 102 valence electrons. The molecule has 1 aromatic carbocycles. The summed E-state index contributed by atoms with van der Waals surface area (Å²) in [7, 11) is 3.26. The van der Waals surface area contributed by atoms with Crippen molar-refractivity contribution in [1.82, 2.24) is 0 Å². The van der Waals surface area contributed by atoms with Crippen molar-refractivity contribution >= 4 is 15.9 Å². The first kappa shape index (κ1) is 14.1. The van der Waals surface area contributed by atoms with Gasteiger partial charge in [0.2, 0.25) is 0 Å². The Balaban J connectivity index is 2.22. The fraction of sp³-hybridized carbons (Fsp3) is 0.286. The smallest absolute Gasteiger partial charge is 0.133 e. The molecule has 0 amide bonds. The Labute approximate surface area is 120 Å². The first-order valence-electron chi connectivity index (χ1n) is 5.82. The second-order valence-corrected chi connectivity index (χ2v) is 4.96. The number of rotatable bonds is 5. The van der Waals surface area contributed by atoms with Crippen LogP contribution in [0.5, 0.6) is 5.75 Å². The normalized spacial score (nSPS) is 12.4. The number of nitrogens with two attached hydrogens (primary N) is 1. The summed E-state index contributed by atoms with van der Waals surface area (Å²) >= 11 is 3.45. The van der Waals surface area contributed by atoms with E-state index in [0.717, 1.165) is 21.5 Å². The summed E-state index contributed by atoms with van der Waals surface area (Å²) in [6, 6.07) is 9.16. The lowest BCUT2D eigenvalue weighted by Gasteiger charge is -2.11. The summed E-state index contributed by atoms with van der Waals surface area (Å²) in [5.41, 5.74) is 7.14. The van der Waals surface area contributed by atoms with Gasteiger partial charge in [-0.2, -0.15) is 0 Å². The average Bonchev–Trinajstić information content (AvgIpc) is 2.87. The minimum atomic E-state index is -0.312. The number of furan rings is 1. The molecule has 0 fully saturated rings. The van der Waals surface area contributed by atoms with Crippen LogP contribution in [-0.2, 0) is 11.3 Å². The van der Waals surface area contributed by atoms with Crippen LogP contribution in [0.1, 0.15) is 23.1 Å². The molecular weight excluding hydrogens is 310 g/mol. The second kappa shape index (κ2) is 6.23. The number of halogens is 1. The first-order chi connectivity index (χ1) is 9.15. The second-order valence-electron chi connectivity index (χ2n) is 4.11. The Morgan fingerprint density at radius 1 is 1.26 bits per heavy atom. The summed E-state index contributed by atoms with van der Waals surface area (Å²) in [6.07, 6.45) is 0. The molecule has 0 radical (unpaired) electrons. The van der Waals surface area contributed by atoms with Gasteiger partial charge in [-0.05, 0) is 45.8 Å². The van der Waals surface area contributed by atoms with Crippen molar-refractivity contribution in [3.63, 3.8) is 0 Å². The van der Waals surface area contributed by atoms with Gasteiger partial charge in [-0.3, -0.25) is 0 Å². The Bertz CT molecular complexity index is 553. The van der Waals surface area contributed by atoms with E-state index in [2.05, 4.69) is 15.9 Å². The molecule has 0 saturated carbocycles. The van der Waals surface area contributed by atoms with Crippen molar-refractivity contribution in [2.45, 2.75) is 12.6 Å². The van der Waals surface area contributed by atoms with Crippen LogP contribution in [0, 0.1) is 0 Å². The predicted octanol–water partition coefficient (Wildman–Crippen LogP) is 3.25. The van der Waals surface area contributed by atoms with Gasteiger partial charge in [0.25, 0.3) is 0 Å². The minimum Gasteiger partial charge on any atom is -0.496 e. The number of methoxy groups -OCH3 is 2. The van der Waals surface area contributed by atoms with Gasteiger partial charge in [-0.15, -0.1) is 0 Å². The molecule has 2 N–H and O–H groups in total. The van der Waals surface area contributed by atoms with E-state index >= 15 is 0 Å². The molecule has 0 spiro atoms. The van der Waals surface area contributed by atoms with Crippen molar-refractivity contribution in [2.75, 3.05) is 14.2 Å². The summed E-state index contributed by atoms with van der Waals surface area (Å²) in [5, 5.41) is 0. The lowest BCUT2D eigenvalue weighted by molar-refractivity contribution is 0.162. The standard InChI is InChI=1S/C14H16BrNO3/c1-17-8-10-4-6-13(19-10)14(16)9-3-5-12(18-2)11(15)7-9/h3-7,14H,8,16H2,1-2H3. The predicted molar refractivity (Wildman–Crippen MR) is 76.1 cm³/mol. The fourth-order valence-corrected chi connectivity index (χ4v) is 2.38. The zero-order valence-corrected chi connectivity index (χ0v) is 12.4. The number of benzene rings is 1. The highest BCUT2D eigenvalue weighted by atomic mass is 79.9. The van der Waals surface area contributed by atoms with Crippen LogP contribution in [-0.4, -0.2) is 14.2 Å². The van der Waals surface area contributed by atoms with Crippen LogP contribution in [0.4, 0.5) is 0 Å². The van der Waals surface area contributed by atoms with Gasteiger partial charge >= 0.3 is 0 Å². The number of hydrogen-bond acceptors (Lipinski definition) is 4. The maximum absolute atomic E-state index is 6.19. The lowest BCUT2D eigenvalue weighted by atomic mass is 10.1. The highest BCUT2D eigenvalue weighted by Gasteiger charge is 2.15. The third-order valence-electron chi connectivity index (χ3n) is 2.81. The molecule has 19 heavy (non-hydrogen) atoms. The summed E-state index contributed by atoms with van der Waals surface area (Å²) in [4.78, 5) is 0. The van der Waals surface area contributed by atoms with E-state index in [9.17, 15) is 0 Å². The molecule has 0 saturated heterocycles. The van der Waals surface area contributed by atoms with E-state index in [-0.39, 0.29) is 6.04 Å². The molecule has 4 nitrogen and oxygen atoms in total. The van der Waals surface area contributed by atoms with Crippen LogP contribution >= 0.6 is 15.9 Å². The average molecular weight is 326 g/mol. The third-order valence-corrected chi connectivity index (χ3v) is 3.43. The van der Waals surface area contributed by atoms with Gasteiger partial charge in [0.05, 0.1) is 17.6 Å². The van der Waals surface area contributed by atoms with Crippen LogP contribution in [0.25, 0.3) is 0 Å². The maximum atomic E-state index is 6.19. The summed E-state index contributed by atoms with van der Waals surface area (Å²) in [6.45, 7) is 0.443. The van der Waals surface area contributed by atoms with Gasteiger partial charge in [0, 0.05) is 7.11 Å². The molecule has 2 rings (SSSR count). The molecule has 0 aliphatic heterocycles. The van der Waals surface area contributed by atoms with E-state index in [0.29, 0.717) is 12.4 Å². The Morgan fingerprint density at radius 3 is 2.68 bits per heavy atom. The molecule has 1 atom stereocenters. The zero-order chi connectivity index (χ0) is 13.8. The molecular formula is C14H16BrNO3. The molecule has 0 bridgehead atoms. The lowest BCUT2D eigenvalue weighted by Crippen LogP contribution is -2.11. The fourth-order valence-electron chi connectivity index (χ4n) is 1.82. The van der Waals surface area contributed by atoms with Crippen molar-refractivity contribution in [3.8, 4) is 5.75 Å². The Kier molecular flexibility index (Phi) is 4.63. The molecule has 1 unspecified atom stereocenters. The minimum absolute atomic E-state index is 0.312. The Morgan fingerprint density at radius 2 is 2.05 bits per heavy atom. The summed E-state index contributed by atoms with van der Waals surface area (Å²) < 4.78 is 16.7. The largest absolute Gasteiger partial charge is 0.496 e. The van der Waals surface area contributed by atoms with Crippen molar-refractivity contribution in [2.24, 2.45) is 5.73 Å². The quantitative estimate of drug-likeness (QED) is 0.916. The zero-order valence-electron chi connectivity index (χ0n) is 10.9. The van der Waals surface area contributed by atoms with Crippen molar-refractivity contribution in [1.29, 1.82) is 0 Å². The van der Waals surface area contributed by atoms with E-state index in [1.54, 1.807) is 14.2 Å². The maximum Gasteiger partial charge on any atom is 0.133 e. The van der Waals surface area contributed by atoms with E-state index < -0.39 is 0 Å². The van der Waals surface area contributed by atoms with Gasteiger partial charge < -0.3 is 19.6 Å². The van der Waals surface area contributed by atoms with Gasteiger partial charge in [-0.1, -0.05) is 6.07 Å². The molecule has 2 aromatic rings. The highest BCUT2D eigenvalue weighted by molar-refractivity contribution is 9.10. The Hall–Kier alpha value is -1.30. The molecule has 1 aromatic heterocycles. The van der Waals surface area contributed by atoms with Crippen LogP contribution in [0.3, 0.4) is 0 Å². The van der Waals surface area contributed by atoms with Gasteiger partial charge in [0.15, 0.2) is 0 Å². The molecule has 0 aliphatic carbocycles. The van der Waals surface area contributed by atoms with Gasteiger partial charge in [0.1, 0.15) is 23.9 Å². The highest BCUT2D eigenvalue weighted by Crippen LogP contribution is 2.30. The third kappa shape index (κ3) is 3.18. The van der Waals surface area contributed by atoms with Gasteiger partial charge in [-0.25, -0.2) is 0 Å². The van der Waals surface area contributed by atoms with Crippen molar-refractivity contribution < 1.29 is 13.9 Å². The van der Waals surface area contributed by atoms with Crippen LogP contribution in [0.15, 0.2) is 39.2 Å². The SMILES string of the molecule is COCc1ccc(C(N)c2ccc(OC)c(Br)c2)o1.